The molecule has 2 aromatic rings. The molecule has 6 heteroatoms. The van der Waals surface area contributed by atoms with E-state index in [1.54, 1.807) is 6.92 Å². The summed E-state index contributed by atoms with van der Waals surface area (Å²) in [6.07, 6.45) is -2.53. The molecule has 21 heavy (non-hydrogen) atoms. The minimum Gasteiger partial charge on any atom is -0.253 e. The van der Waals surface area contributed by atoms with E-state index in [1.165, 1.54) is 18.3 Å². The van der Waals surface area contributed by atoms with Crippen molar-refractivity contribution >= 4 is 6.08 Å². The molecule has 1 nitrogen and oxygen atoms in total. The van der Waals surface area contributed by atoms with Crippen LogP contribution in [0, 0.1) is 18.6 Å². The summed E-state index contributed by atoms with van der Waals surface area (Å²) >= 11 is 0. The van der Waals surface area contributed by atoms with E-state index in [4.69, 9.17) is 0 Å². The summed E-state index contributed by atoms with van der Waals surface area (Å²) in [5.74, 6) is -1.50. The molecule has 0 aliphatic carbocycles. The zero-order chi connectivity index (χ0) is 15.6. The van der Waals surface area contributed by atoms with Crippen molar-refractivity contribution in [3.05, 3.63) is 59.3 Å². The second-order valence-corrected chi connectivity index (χ2v) is 4.45. The van der Waals surface area contributed by atoms with Gasteiger partial charge in [-0.05, 0) is 30.7 Å². The van der Waals surface area contributed by atoms with Crippen molar-refractivity contribution in [2.24, 2.45) is 0 Å². The normalized spacial score (nSPS) is 12.1. The Balaban J connectivity index is 2.37. The molecule has 0 spiro atoms. The van der Waals surface area contributed by atoms with Crippen molar-refractivity contribution in [1.82, 2.24) is 4.98 Å². The highest BCUT2D eigenvalue weighted by atomic mass is 19.4. The standard InChI is InChI=1S/C15H10F5N/c1-9-6-13(17)14(21-8-9)11-3-2-10(12(16)7-11)4-5-15(18,19)20/h2-8H,1H3. The van der Waals surface area contributed by atoms with Gasteiger partial charge in [0.15, 0.2) is 0 Å². The van der Waals surface area contributed by atoms with Crippen LogP contribution in [0.2, 0.25) is 0 Å². The Labute approximate surface area is 117 Å². The largest absolute Gasteiger partial charge is 0.409 e. The van der Waals surface area contributed by atoms with Gasteiger partial charge in [-0.25, -0.2) is 8.78 Å². The highest BCUT2D eigenvalue weighted by molar-refractivity contribution is 5.63. The first-order valence-corrected chi connectivity index (χ1v) is 5.94. The quantitative estimate of drug-likeness (QED) is 0.718. The van der Waals surface area contributed by atoms with Gasteiger partial charge in [0.1, 0.15) is 17.3 Å². The molecule has 0 saturated heterocycles. The van der Waals surface area contributed by atoms with E-state index < -0.39 is 17.8 Å². The minimum atomic E-state index is -4.52. The van der Waals surface area contributed by atoms with E-state index in [-0.39, 0.29) is 22.9 Å². The molecule has 110 valence electrons. The van der Waals surface area contributed by atoms with Crippen molar-refractivity contribution in [2.45, 2.75) is 13.1 Å². The molecule has 1 aromatic heterocycles. The topological polar surface area (TPSA) is 12.9 Å². The number of aromatic nitrogens is 1. The highest BCUT2D eigenvalue weighted by Crippen LogP contribution is 2.25. The van der Waals surface area contributed by atoms with Gasteiger partial charge in [-0.1, -0.05) is 12.1 Å². The lowest BCUT2D eigenvalue weighted by Crippen LogP contribution is -2.00. The third-order valence-corrected chi connectivity index (χ3v) is 2.70. The lowest BCUT2D eigenvalue weighted by Gasteiger charge is -2.05. The molecule has 0 atom stereocenters. The van der Waals surface area contributed by atoms with Crippen LogP contribution in [-0.4, -0.2) is 11.2 Å². The fourth-order valence-corrected chi connectivity index (χ4v) is 1.74. The van der Waals surface area contributed by atoms with Gasteiger partial charge in [-0.15, -0.1) is 0 Å². The third-order valence-electron chi connectivity index (χ3n) is 2.70. The maximum Gasteiger partial charge on any atom is 0.409 e. The molecule has 0 bridgehead atoms. The van der Waals surface area contributed by atoms with Crippen LogP contribution in [0.25, 0.3) is 17.3 Å². The van der Waals surface area contributed by atoms with E-state index in [1.807, 2.05) is 0 Å². The number of hydrogen-bond donors (Lipinski definition) is 0. The van der Waals surface area contributed by atoms with Gasteiger partial charge >= 0.3 is 6.18 Å². The van der Waals surface area contributed by atoms with Crippen molar-refractivity contribution in [1.29, 1.82) is 0 Å². The van der Waals surface area contributed by atoms with E-state index in [0.29, 0.717) is 11.6 Å². The maximum absolute atomic E-state index is 13.8. The molecule has 0 aliphatic heterocycles. The number of rotatable bonds is 2. The van der Waals surface area contributed by atoms with Gasteiger partial charge in [-0.2, -0.15) is 13.2 Å². The van der Waals surface area contributed by atoms with Crippen molar-refractivity contribution < 1.29 is 22.0 Å². The number of benzene rings is 1. The average Bonchev–Trinajstić information content (AvgIpc) is 2.36. The average molecular weight is 299 g/mol. The van der Waals surface area contributed by atoms with Crippen molar-refractivity contribution in [3.8, 4) is 11.3 Å². The first-order valence-electron chi connectivity index (χ1n) is 5.94. The van der Waals surface area contributed by atoms with E-state index in [0.717, 1.165) is 12.1 Å². The summed E-state index contributed by atoms with van der Waals surface area (Å²) < 4.78 is 63.6. The van der Waals surface area contributed by atoms with Crippen molar-refractivity contribution in [3.63, 3.8) is 0 Å². The monoisotopic (exact) mass is 299 g/mol. The summed E-state index contributed by atoms with van der Waals surface area (Å²) in [7, 11) is 0. The number of nitrogens with zero attached hydrogens (tertiary/aromatic N) is 1. The molecule has 0 unspecified atom stereocenters. The SMILES string of the molecule is Cc1cnc(-c2ccc(C=CC(F)(F)F)c(F)c2)c(F)c1. The third kappa shape index (κ3) is 3.87. The lowest BCUT2D eigenvalue weighted by atomic mass is 10.1. The van der Waals surface area contributed by atoms with Crippen LogP contribution >= 0.6 is 0 Å². The van der Waals surface area contributed by atoms with Crippen LogP contribution in [0.4, 0.5) is 22.0 Å². The number of pyridine rings is 1. The molecule has 0 radical (unpaired) electrons. The Kier molecular flexibility index (Phi) is 4.06. The number of alkyl halides is 3. The lowest BCUT2D eigenvalue weighted by molar-refractivity contribution is -0.0790. The first kappa shape index (κ1) is 15.2. The van der Waals surface area contributed by atoms with Gasteiger partial charge < -0.3 is 0 Å². The predicted molar refractivity (Wildman–Crippen MR) is 69.4 cm³/mol. The fourth-order valence-electron chi connectivity index (χ4n) is 1.74. The zero-order valence-corrected chi connectivity index (χ0v) is 10.9. The van der Waals surface area contributed by atoms with Crippen molar-refractivity contribution in [2.75, 3.05) is 0 Å². The summed E-state index contributed by atoms with van der Waals surface area (Å²) in [6, 6.07) is 4.67. The van der Waals surface area contributed by atoms with Gasteiger partial charge in [0.2, 0.25) is 0 Å². The van der Waals surface area contributed by atoms with Crippen LogP contribution in [0.1, 0.15) is 11.1 Å². The highest BCUT2D eigenvalue weighted by Gasteiger charge is 2.22. The van der Waals surface area contributed by atoms with Crippen LogP contribution < -0.4 is 0 Å². The first-order chi connectivity index (χ1) is 9.76. The smallest absolute Gasteiger partial charge is 0.253 e. The van der Waals surface area contributed by atoms with Gasteiger partial charge in [0.25, 0.3) is 0 Å². The summed E-state index contributed by atoms with van der Waals surface area (Å²) in [4.78, 5) is 3.86. The Hall–Kier alpha value is -2.24. The van der Waals surface area contributed by atoms with Crippen LogP contribution in [0.5, 0.6) is 0 Å². The number of aryl methyl sites for hydroxylation is 1. The Morgan fingerprint density at radius 1 is 1.05 bits per heavy atom. The molecule has 1 aromatic carbocycles. The van der Waals surface area contributed by atoms with Crippen LogP contribution in [0.15, 0.2) is 36.5 Å². The Morgan fingerprint density at radius 2 is 1.76 bits per heavy atom. The predicted octanol–water partition coefficient (Wildman–Crippen LogP) is 4.91. The van der Waals surface area contributed by atoms with E-state index >= 15 is 0 Å². The maximum atomic E-state index is 13.8. The molecule has 2 rings (SSSR count). The van der Waals surface area contributed by atoms with E-state index in [9.17, 15) is 22.0 Å². The molecular weight excluding hydrogens is 289 g/mol. The second-order valence-electron chi connectivity index (χ2n) is 4.45. The van der Waals surface area contributed by atoms with Gasteiger partial charge in [0, 0.05) is 23.4 Å². The molecule has 0 fully saturated rings. The molecule has 1 heterocycles. The number of allylic oxidation sites excluding steroid dienone is 1. The number of halogens is 5. The molecule has 0 aliphatic rings. The summed E-state index contributed by atoms with van der Waals surface area (Å²) in [6.45, 7) is 1.66. The fraction of sp³-hybridized carbons (Fsp3) is 0.133. The zero-order valence-electron chi connectivity index (χ0n) is 10.9. The van der Waals surface area contributed by atoms with Gasteiger partial charge in [0.05, 0.1) is 0 Å². The molecule has 0 amide bonds. The summed E-state index contributed by atoms with van der Waals surface area (Å²) in [5.41, 5.74) is 0.491. The Bertz CT molecular complexity index is 689. The second kappa shape index (κ2) is 5.63. The van der Waals surface area contributed by atoms with Gasteiger partial charge in [-0.3, -0.25) is 4.98 Å². The molecule has 0 N–H and O–H groups in total. The summed E-state index contributed by atoms with van der Waals surface area (Å²) in [5, 5.41) is 0. The number of hydrogen-bond acceptors (Lipinski definition) is 1. The van der Waals surface area contributed by atoms with Crippen LogP contribution in [-0.2, 0) is 0 Å². The molecule has 0 saturated carbocycles. The Morgan fingerprint density at radius 3 is 2.33 bits per heavy atom. The molecular formula is C15H10F5N. The minimum absolute atomic E-state index is 0.0501. The van der Waals surface area contributed by atoms with E-state index in [2.05, 4.69) is 4.98 Å². The van der Waals surface area contributed by atoms with Crippen LogP contribution in [0.3, 0.4) is 0 Å².